The summed E-state index contributed by atoms with van der Waals surface area (Å²) in [6.45, 7) is 6.58. The highest BCUT2D eigenvalue weighted by Crippen LogP contribution is 2.21. The minimum Gasteiger partial charge on any atom is -0.346 e. The summed E-state index contributed by atoms with van der Waals surface area (Å²) < 4.78 is 0. The van der Waals surface area contributed by atoms with Crippen LogP contribution in [0.2, 0.25) is 10.0 Å². The van der Waals surface area contributed by atoms with E-state index in [2.05, 4.69) is 21.2 Å². The first-order valence-electron chi connectivity index (χ1n) is 8.31. The van der Waals surface area contributed by atoms with Crippen molar-refractivity contribution in [2.75, 3.05) is 31.5 Å². The number of anilines is 1. The molecule has 0 amide bonds. The van der Waals surface area contributed by atoms with Crippen molar-refractivity contribution in [3.05, 3.63) is 63.6 Å². The van der Waals surface area contributed by atoms with Crippen molar-refractivity contribution < 1.29 is 0 Å². The van der Waals surface area contributed by atoms with E-state index >= 15 is 0 Å². The van der Waals surface area contributed by atoms with E-state index in [4.69, 9.17) is 35.4 Å². The molecule has 0 aliphatic carbocycles. The van der Waals surface area contributed by atoms with E-state index in [1.807, 2.05) is 43.3 Å². The van der Waals surface area contributed by atoms with Crippen molar-refractivity contribution in [2.24, 2.45) is 0 Å². The van der Waals surface area contributed by atoms with Gasteiger partial charge in [0.15, 0.2) is 5.11 Å². The number of halogens is 2. The lowest BCUT2D eigenvalue weighted by Crippen LogP contribution is -2.49. The Labute approximate surface area is 164 Å². The van der Waals surface area contributed by atoms with E-state index in [1.165, 1.54) is 5.56 Å². The Morgan fingerprint density at radius 1 is 1.04 bits per heavy atom. The predicted molar refractivity (Wildman–Crippen MR) is 111 cm³/mol. The third kappa shape index (κ3) is 4.85. The lowest BCUT2D eigenvalue weighted by Gasteiger charge is -2.36. The van der Waals surface area contributed by atoms with Crippen molar-refractivity contribution in [3.8, 4) is 0 Å². The zero-order chi connectivity index (χ0) is 17.8. The fourth-order valence-corrected chi connectivity index (χ4v) is 3.53. The van der Waals surface area contributed by atoms with Crippen molar-refractivity contribution in [3.63, 3.8) is 0 Å². The van der Waals surface area contributed by atoms with Gasteiger partial charge in [0.05, 0.1) is 0 Å². The lowest BCUT2D eigenvalue weighted by molar-refractivity contribution is 0.177. The highest BCUT2D eigenvalue weighted by atomic mass is 35.5. The minimum atomic E-state index is 0.748. The van der Waals surface area contributed by atoms with Crippen LogP contribution in [0.3, 0.4) is 0 Å². The number of nitrogens with zero attached hydrogens (tertiary/aromatic N) is 2. The molecular weight excluding hydrogens is 373 g/mol. The lowest BCUT2D eigenvalue weighted by atomic mass is 10.2. The van der Waals surface area contributed by atoms with Gasteiger partial charge in [0.1, 0.15) is 0 Å². The number of aryl methyl sites for hydroxylation is 1. The van der Waals surface area contributed by atoms with Gasteiger partial charge in [0.2, 0.25) is 0 Å². The van der Waals surface area contributed by atoms with Crippen LogP contribution in [-0.2, 0) is 6.54 Å². The van der Waals surface area contributed by atoms with E-state index < -0.39 is 0 Å². The fourth-order valence-electron chi connectivity index (χ4n) is 2.85. The maximum absolute atomic E-state index is 6.26. The summed E-state index contributed by atoms with van der Waals surface area (Å²) in [6.07, 6.45) is 0. The number of thiocarbonyl (C=S) groups is 1. The van der Waals surface area contributed by atoms with Gasteiger partial charge in [-0.2, -0.15) is 0 Å². The van der Waals surface area contributed by atoms with Gasteiger partial charge in [0.25, 0.3) is 0 Å². The summed E-state index contributed by atoms with van der Waals surface area (Å²) in [4.78, 5) is 4.61. The molecule has 1 aliphatic rings. The maximum atomic E-state index is 6.26. The Kier molecular flexibility index (Phi) is 6.18. The number of benzene rings is 2. The summed E-state index contributed by atoms with van der Waals surface area (Å²) in [5, 5.41) is 5.61. The summed E-state index contributed by atoms with van der Waals surface area (Å²) in [5.41, 5.74) is 3.16. The normalized spacial score (nSPS) is 15.2. The second kappa shape index (κ2) is 8.37. The SMILES string of the molecule is Cc1ccc(NC(=S)N2CCN(Cc3ccccc3Cl)CC2)cc1Cl. The number of rotatable bonds is 3. The Balaban J connectivity index is 1.52. The van der Waals surface area contributed by atoms with Crippen LogP contribution in [0.1, 0.15) is 11.1 Å². The number of nitrogens with one attached hydrogen (secondary N) is 1. The quantitative estimate of drug-likeness (QED) is 0.753. The number of hydrogen-bond acceptors (Lipinski definition) is 2. The maximum Gasteiger partial charge on any atom is 0.173 e. The third-order valence-electron chi connectivity index (χ3n) is 4.43. The monoisotopic (exact) mass is 393 g/mol. The van der Waals surface area contributed by atoms with Gasteiger partial charge in [0, 0.05) is 48.5 Å². The Hall–Kier alpha value is -1.33. The molecule has 0 spiro atoms. The van der Waals surface area contributed by atoms with Gasteiger partial charge in [-0.15, -0.1) is 0 Å². The number of hydrogen-bond donors (Lipinski definition) is 1. The molecular formula is C19H21Cl2N3S. The van der Waals surface area contributed by atoms with Crippen molar-refractivity contribution in [1.82, 2.24) is 9.80 Å². The van der Waals surface area contributed by atoms with Gasteiger partial charge in [-0.3, -0.25) is 4.90 Å². The Morgan fingerprint density at radius 3 is 2.44 bits per heavy atom. The number of piperazine rings is 1. The first-order chi connectivity index (χ1) is 12.0. The molecule has 0 radical (unpaired) electrons. The second-order valence-electron chi connectivity index (χ2n) is 6.25. The molecule has 0 bridgehead atoms. The van der Waals surface area contributed by atoms with E-state index in [9.17, 15) is 0 Å². The molecule has 6 heteroatoms. The topological polar surface area (TPSA) is 18.5 Å². The van der Waals surface area contributed by atoms with Crippen molar-refractivity contribution in [1.29, 1.82) is 0 Å². The van der Waals surface area contributed by atoms with Crippen LogP contribution >= 0.6 is 35.4 Å². The molecule has 0 aromatic heterocycles. The molecule has 2 aromatic carbocycles. The van der Waals surface area contributed by atoms with Crippen molar-refractivity contribution in [2.45, 2.75) is 13.5 Å². The molecule has 1 fully saturated rings. The summed E-state index contributed by atoms with van der Waals surface area (Å²) in [7, 11) is 0. The summed E-state index contributed by atoms with van der Waals surface area (Å²) in [5.74, 6) is 0. The molecule has 0 saturated carbocycles. The van der Waals surface area contributed by atoms with E-state index in [0.29, 0.717) is 0 Å². The summed E-state index contributed by atoms with van der Waals surface area (Å²) >= 11 is 18.0. The first kappa shape index (κ1) is 18.5. The largest absolute Gasteiger partial charge is 0.346 e. The van der Waals surface area contributed by atoms with Crippen LogP contribution in [0.15, 0.2) is 42.5 Å². The van der Waals surface area contributed by atoms with Crippen LogP contribution in [0.4, 0.5) is 5.69 Å². The molecule has 25 heavy (non-hydrogen) atoms. The van der Waals surface area contributed by atoms with Crippen LogP contribution in [0, 0.1) is 6.92 Å². The molecule has 1 saturated heterocycles. The first-order valence-corrected chi connectivity index (χ1v) is 9.47. The molecule has 3 nitrogen and oxygen atoms in total. The van der Waals surface area contributed by atoms with Crippen LogP contribution in [-0.4, -0.2) is 41.1 Å². The predicted octanol–water partition coefficient (Wildman–Crippen LogP) is 4.82. The van der Waals surface area contributed by atoms with Gasteiger partial charge in [-0.05, 0) is 48.5 Å². The van der Waals surface area contributed by atoms with Crippen LogP contribution in [0.25, 0.3) is 0 Å². The Morgan fingerprint density at radius 2 is 1.76 bits per heavy atom. The zero-order valence-electron chi connectivity index (χ0n) is 14.1. The van der Waals surface area contributed by atoms with Crippen LogP contribution < -0.4 is 5.32 Å². The third-order valence-corrected chi connectivity index (χ3v) is 5.57. The van der Waals surface area contributed by atoms with Gasteiger partial charge < -0.3 is 10.2 Å². The molecule has 3 rings (SSSR count). The van der Waals surface area contributed by atoms with E-state index in [1.54, 1.807) is 0 Å². The van der Waals surface area contributed by atoms with Gasteiger partial charge in [-0.1, -0.05) is 47.5 Å². The van der Waals surface area contributed by atoms with E-state index in [0.717, 1.165) is 59.1 Å². The molecule has 1 aliphatic heterocycles. The van der Waals surface area contributed by atoms with Crippen molar-refractivity contribution >= 4 is 46.2 Å². The standard InChI is InChI=1S/C19H21Cl2N3S/c1-14-6-7-16(12-18(14)21)22-19(25)24-10-8-23(9-11-24)13-15-4-2-3-5-17(15)20/h2-7,12H,8-11,13H2,1H3,(H,22,25). The molecule has 0 atom stereocenters. The minimum absolute atomic E-state index is 0.748. The highest BCUT2D eigenvalue weighted by molar-refractivity contribution is 7.80. The molecule has 2 aromatic rings. The highest BCUT2D eigenvalue weighted by Gasteiger charge is 2.19. The molecule has 1 N–H and O–H groups in total. The second-order valence-corrected chi connectivity index (χ2v) is 7.45. The molecule has 0 unspecified atom stereocenters. The zero-order valence-corrected chi connectivity index (χ0v) is 16.5. The fraction of sp³-hybridized carbons (Fsp3) is 0.316. The Bertz CT molecular complexity index is 758. The van der Waals surface area contributed by atoms with Gasteiger partial charge in [-0.25, -0.2) is 0 Å². The average molecular weight is 394 g/mol. The van der Waals surface area contributed by atoms with Crippen LogP contribution in [0.5, 0.6) is 0 Å². The average Bonchev–Trinajstić information content (AvgIpc) is 2.61. The molecule has 1 heterocycles. The van der Waals surface area contributed by atoms with Gasteiger partial charge >= 0.3 is 0 Å². The smallest absolute Gasteiger partial charge is 0.173 e. The molecule has 132 valence electrons. The summed E-state index contributed by atoms with van der Waals surface area (Å²) in [6, 6.07) is 13.9. The van der Waals surface area contributed by atoms with E-state index in [-0.39, 0.29) is 0 Å².